The van der Waals surface area contributed by atoms with Crippen molar-refractivity contribution in [2.45, 2.75) is 76.3 Å². The van der Waals surface area contributed by atoms with Crippen LogP contribution in [0.4, 0.5) is 0 Å². The summed E-state index contributed by atoms with van der Waals surface area (Å²) in [7, 11) is 0. The van der Waals surface area contributed by atoms with Crippen LogP contribution >= 0.6 is 0 Å². The van der Waals surface area contributed by atoms with Crippen molar-refractivity contribution in [2.24, 2.45) is 0 Å². The molecule has 1 aliphatic heterocycles. The monoisotopic (exact) mass is 329 g/mol. The van der Waals surface area contributed by atoms with Gasteiger partial charge >= 0.3 is 0 Å². The zero-order valence-electron chi connectivity index (χ0n) is 14.8. The van der Waals surface area contributed by atoms with Crippen molar-refractivity contribution >= 4 is 5.91 Å². The van der Waals surface area contributed by atoms with Crippen LogP contribution in [0.15, 0.2) is 24.5 Å². The molecule has 0 aromatic carbocycles. The second-order valence-electron chi connectivity index (χ2n) is 7.41. The van der Waals surface area contributed by atoms with Crippen molar-refractivity contribution < 1.29 is 4.79 Å². The Bertz CT molecular complexity index is 497. The molecule has 1 saturated carbocycles. The van der Waals surface area contributed by atoms with Gasteiger partial charge in [-0.25, -0.2) is 0 Å². The van der Waals surface area contributed by atoms with Gasteiger partial charge in [0.15, 0.2) is 0 Å². The first-order chi connectivity index (χ1) is 11.8. The lowest BCUT2D eigenvalue weighted by molar-refractivity contribution is -0.122. The molecule has 1 saturated heterocycles. The number of nitrogens with one attached hydrogen (secondary N) is 1. The molecule has 1 unspecified atom stereocenters. The van der Waals surface area contributed by atoms with Gasteiger partial charge < -0.3 is 5.32 Å². The third kappa shape index (κ3) is 5.30. The molecule has 132 valence electrons. The second kappa shape index (κ2) is 9.16. The molecule has 0 bridgehead atoms. The Hall–Kier alpha value is -1.42. The molecular weight excluding hydrogens is 298 g/mol. The van der Waals surface area contributed by atoms with Gasteiger partial charge in [0.1, 0.15) is 0 Å². The standard InChI is InChI=1S/C20H31N3O/c24-20(12-11-17-7-5-13-21-15-17)22-18-8-6-14-23(16-18)19-9-3-1-2-4-10-19/h5,7,13,15,18-19H,1-4,6,8-12,14,16H2,(H,22,24). The smallest absolute Gasteiger partial charge is 0.220 e. The molecule has 1 aliphatic carbocycles. The number of carbonyl (C=O) groups is 1. The minimum Gasteiger partial charge on any atom is -0.352 e. The molecule has 0 spiro atoms. The van der Waals surface area contributed by atoms with E-state index in [2.05, 4.69) is 15.2 Å². The molecule has 1 atom stereocenters. The maximum Gasteiger partial charge on any atom is 0.220 e. The molecular formula is C20H31N3O. The Kier molecular flexibility index (Phi) is 6.65. The van der Waals surface area contributed by atoms with E-state index >= 15 is 0 Å². The number of carbonyl (C=O) groups excluding carboxylic acids is 1. The van der Waals surface area contributed by atoms with Crippen LogP contribution in [0.1, 0.15) is 63.4 Å². The zero-order chi connectivity index (χ0) is 16.6. The summed E-state index contributed by atoms with van der Waals surface area (Å²) in [5.74, 6) is 0.187. The lowest BCUT2D eigenvalue weighted by Crippen LogP contribution is -2.50. The topological polar surface area (TPSA) is 45.2 Å². The number of rotatable bonds is 5. The van der Waals surface area contributed by atoms with Gasteiger partial charge in [0.05, 0.1) is 0 Å². The summed E-state index contributed by atoms with van der Waals surface area (Å²) in [6.07, 6.45) is 15.6. The predicted molar refractivity (Wildman–Crippen MR) is 96.8 cm³/mol. The van der Waals surface area contributed by atoms with Crippen LogP contribution in [0.5, 0.6) is 0 Å². The third-order valence-corrected chi connectivity index (χ3v) is 5.52. The number of likely N-dealkylation sites (tertiary alicyclic amines) is 1. The van der Waals surface area contributed by atoms with E-state index < -0.39 is 0 Å². The largest absolute Gasteiger partial charge is 0.352 e. The van der Waals surface area contributed by atoms with E-state index in [9.17, 15) is 4.79 Å². The van der Waals surface area contributed by atoms with E-state index in [1.165, 1.54) is 51.5 Å². The maximum atomic E-state index is 12.3. The molecule has 1 N–H and O–H groups in total. The van der Waals surface area contributed by atoms with Crippen LogP contribution in [0.25, 0.3) is 0 Å². The molecule has 4 nitrogen and oxygen atoms in total. The predicted octanol–water partition coefficient (Wildman–Crippen LogP) is 3.32. The fourth-order valence-electron chi connectivity index (χ4n) is 4.18. The van der Waals surface area contributed by atoms with Gasteiger partial charge in [0.2, 0.25) is 5.91 Å². The van der Waals surface area contributed by atoms with Gasteiger partial charge in [0.25, 0.3) is 0 Å². The summed E-state index contributed by atoms with van der Waals surface area (Å²) in [4.78, 5) is 19.0. The van der Waals surface area contributed by atoms with Crippen molar-refractivity contribution in [3.05, 3.63) is 30.1 Å². The Balaban J connectivity index is 1.43. The van der Waals surface area contributed by atoms with Crippen molar-refractivity contribution in [1.29, 1.82) is 0 Å². The van der Waals surface area contributed by atoms with Crippen LogP contribution < -0.4 is 5.32 Å². The summed E-state index contributed by atoms with van der Waals surface area (Å²) >= 11 is 0. The summed E-state index contributed by atoms with van der Waals surface area (Å²) in [6.45, 7) is 2.26. The molecule has 1 aromatic rings. The highest BCUT2D eigenvalue weighted by molar-refractivity contribution is 5.76. The summed E-state index contributed by atoms with van der Waals surface area (Å²) in [5, 5.41) is 3.27. The van der Waals surface area contributed by atoms with Gasteiger partial charge in [-0.15, -0.1) is 0 Å². The van der Waals surface area contributed by atoms with Crippen LogP contribution in [-0.2, 0) is 11.2 Å². The third-order valence-electron chi connectivity index (χ3n) is 5.52. The summed E-state index contributed by atoms with van der Waals surface area (Å²) in [6, 6.07) is 5.05. The number of aromatic nitrogens is 1. The molecule has 1 aromatic heterocycles. The number of piperidine rings is 1. The van der Waals surface area contributed by atoms with Gasteiger partial charge in [0, 0.05) is 37.4 Å². The van der Waals surface area contributed by atoms with Gasteiger partial charge in [-0.1, -0.05) is 31.7 Å². The molecule has 1 amide bonds. The van der Waals surface area contributed by atoms with E-state index in [4.69, 9.17) is 0 Å². The minimum absolute atomic E-state index is 0.187. The highest BCUT2D eigenvalue weighted by Crippen LogP contribution is 2.24. The fraction of sp³-hybridized carbons (Fsp3) is 0.700. The number of pyridine rings is 1. The van der Waals surface area contributed by atoms with Crippen molar-refractivity contribution in [3.63, 3.8) is 0 Å². The number of hydrogen-bond acceptors (Lipinski definition) is 3. The lowest BCUT2D eigenvalue weighted by Gasteiger charge is -2.38. The molecule has 3 rings (SSSR count). The SMILES string of the molecule is O=C(CCc1cccnc1)NC1CCCN(C2CCCCCC2)C1. The number of hydrogen-bond donors (Lipinski definition) is 1. The Labute approximate surface area is 146 Å². The first-order valence-corrected chi connectivity index (χ1v) is 9.73. The Morgan fingerprint density at radius 3 is 2.75 bits per heavy atom. The van der Waals surface area contributed by atoms with Crippen molar-refractivity contribution in [2.75, 3.05) is 13.1 Å². The first-order valence-electron chi connectivity index (χ1n) is 9.73. The van der Waals surface area contributed by atoms with Gasteiger partial charge in [-0.2, -0.15) is 0 Å². The summed E-state index contributed by atoms with van der Waals surface area (Å²) < 4.78 is 0. The van der Waals surface area contributed by atoms with Crippen LogP contribution in [0, 0.1) is 0 Å². The highest BCUT2D eigenvalue weighted by atomic mass is 16.1. The normalized spacial score (nSPS) is 23.6. The van der Waals surface area contributed by atoms with E-state index in [-0.39, 0.29) is 5.91 Å². The van der Waals surface area contributed by atoms with E-state index in [1.807, 2.05) is 18.3 Å². The average Bonchev–Trinajstić information content (AvgIpc) is 2.91. The van der Waals surface area contributed by atoms with E-state index in [1.54, 1.807) is 6.20 Å². The lowest BCUT2D eigenvalue weighted by atomic mass is 9.99. The fourth-order valence-corrected chi connectivity index (χ4v) is 4.18. The van der Waals surface area contributed by atoms with E-state index in [0.717, 1.165) is 31.0 Å². The van der Waals surface area contributed by atoms with Gasteiger partial charge in [-0.3, -0.25) is 14.7 Å². The molecule has 4 heteroatoms. The number of nitrogens with zero attached hydrogens (tertiary/aromatic N) is 2. The molecule has 2 aliphatic rings. The van der Waals surface area contributed by atoms with Crippen LogP contribution in [0.2, 0.25) is 0 Å². The zero-order valence-corrected chi connectivity index (χ0v) is 14.8. The number of aryl methyl sites for hydroxylation is 1. The van der Waals surface area contributed by atoms with E-state index in [0.29, 0.717) is 12.5 Å². The number of amides is 1. The molecule has 0 radical (unpaired) electrons. The Morgan fingerprint density at radius 2 is 2.00 bits per heavy atom. The molecule has 2 fully saturated rings. The molecule has 24 heavy (non-hydrogen) atoms. The second-order valence-corrected chi connectivity index (χ2v) is 7.41. The minimum atomic E-state index is 0.187. The first kappa shape index (κ1) is 17.4. The summed E-state index contributed by atoms with van der Waals surface area (Å²) in [5.41, 5.74) is 1.14. The average molecular weight is 329 g/mol. The molecule has 2 heterocycles. The van der Waals surface area contributed by atoms with Crippen LogP contribution in [-0.4, -0.2) is 41.0 Å². The van der Waals surface area contributed by atoms with Gasteiger partial charge in [-0.05, 0) is 50.3 Å². The Morgan fingerprint density at radius 1 is 1.17 bits per heavy atom. The maximum absolute atomic E-state index is 12.3. The highest BCUT2D eigenvalue weighted by Gasteiger charge is 2.27. The van der Waals surface area contributed by atoms with Crippen LogP contribution in [0.3, 0.4) is 0 Å². The van der Waals surface area contributed by atoms with Crippen molar-refractivity contribution in [1.82, 2.24) is 15.2 Å². The van der Waals surface area contributed by atoms with Crippen molar-refractivity contribution in [3.8, 4) is 0 Å². The quantitative estimate of drug-likeness (QED) is 0.843.